The first-order valence-electron chi connectivity index (χ1n) is 5.14. The van der Waals surface area contributed by atoms with Crippen molar-refractivity contribution in [1.82, 2.24) is 0 Å². The van der Waals surface area contributed by atoms with E-state index in [-0.39, 0.29) is 3.76 Å². The topological polar surface area (TPSA) is 54.4 Å². The molecule has 0 aromatic heterocycles. The maximum atomic E-state index is 9.55. The van der Waals surface area contributed by atoms with E-state index in [9.17, 15) is 8.42 Å². The van der Waals surface area contributed by atoms with Crippen LogP contribution in [0.3, 0.4) is 0 Å². The first kappa shape index (κ1) is 15.1. The van der Waals surface area contributed by atoms with Crippen molar-refractivity contribution >= 4 is 32.7 Å². The summed E-state index contributed by atoms with van der Waals surface area (Å²) in [5, 5.41) is 0. The Hall–Kier alpha value is -0.920. The fourth-order valence-electron chi connectivity index (χ4n) is 1.26. The number of alkyl halides is 1. The fraction of sp³-hybridized carbons (Fsp3) is 0.0769. The lowest BCUT2D eigenvalue weighted by Gasteiger charge is -1.98. The van der Waals surface area contributed by atoms with Gasteiger partial charge in [0.15, 0.2) is 0 Å². The Labute approximate surface area is 121 Å². The molecule has 1 N–H and O–H groups in total. The van der Waals surface area contributed by atoms with Crippen LogP contribution in [0.2, 0.25) is 0 Å². The van der Waals surface area contributed by atoms with Crippen LogP contribution in [0.15, 0.2) is 60.7 Å². The lowest BCUT2D eigenvalue weighted by molar-refractivity contribution is 0.490. The molecule has 0 amide bonds. The van der Waals surface area contributed by atoms with Crippen molar-refractivity contribution in [3.05, 3.63) is 60.7 Å². The van der Waals surface area contributed by atoms with Crippen LogP contribution in [0.1, 0.15) is 0 Å². The van der Waals surface area contributed by atoms with Gasteiger partial charge in [-0.2, -0.15) is 8.42 Å². The Balaban J connectivity index is 0.000000232. The van der Waals surface area contributed by atoms with Crippen molar-refractivity contribution < 1.29 is 13.0 Å². The molecule has 2 rings (SSSR count). The van der Waals surface area contributed by atoms with Gasteiger partial charge in [-0.3, -0.25) is 4.55 Å². The normalized spacial score (nSPS) is 10.3. The van der Waals surface area contributed by atoms with Gasteiger partial charge in [-0.25, -0.2) is 0 Å². The quantitative estimate of drug-likeness (QED) is 0.495. The molecule has 96 valence electrons. The molecular formula is C13H13IO3S. The molecule has 2 aromatic rings. The second-order valence-corrected chi connectivity index (χ2v) is 6.67. The van der Waals surface area contributed by atoms with Crippen LogP contribution >= 0.6 is 22.6 Å². The molecule has 0 fully saturated rings. The maximum Gasteiger partial charge on any atom is 0.274 e. The molecule has 0 saturated carbocycles. The van der Waals surface area contributed by atoms with E-state index in [1.165, 1.54) is 11.1 Å². The average Bonchev–Trinajstić information content (AvgIpc) is 2.41. The van der Waals surface area contributed by atoms with Gasteiger partial charge in [0.25, 0.3) is 10.1 Å². The SMILES string of the molecule is O=S(=O)(O)CI.c1ccc(-c2ccccc2)cc1. The molecule has 0 aliphatic carbocycles. The molecule has 0 spiro atoms. The van der Waals surface area contributed by atoms with Crippen LogP contribution in [0.5, 0.6) is 0 Å². The van der Waals surface area contributed by atoms with E-state index in [0.29, 0.717) is 0 Å². The minimum Gasteiger partial charge on any atom is -0.285 e. The fourth-order valence-corrected chi connectivity index (χ4v) is 1.26. The van der Waals surface area contributed by atoms with Crippen LogP contribution in [-0.4, -0.2) is 16.7 Å². The Kier molecular flexibility index (Phi) is 6.31. The van der Waals surface area contributed by atoms with E-state index < -0.39 is 10.1 Å². The van der Waals surface area contributed by atoms with Crippen molar-refractivity contribution in [3.63, 3.8) is 0 Å². The zero-order chi connectivity index (χ0) is 13.4. The van der Waals surface area contributed by atoms with Crippen molar-refractivity contribution in [2.45, 2.75) is 0 Å². The third-order valence-electron chi connectivity index (χ3n) is 2.02. The molecule has 0 saturated heterocycles. The van der Waals surface area contributed by atoms with E-state index in [2.05, 4.69) is 48.5 Å². The Morgan fingerprint density at radius 2 is 1.11 bits per heavy atom. The van der Waals surface area contributed by atoms with Gasteiger partial charge in [-0.15, -0.1) is 0 Å². The summed E-state index contributed by atoms with van der Waals surface area (Å²) in [5.41, 5.74) is 2.55. The van der Waals surface area contributed by atoms with Crippen LogP contribution in [0.4, 0.5) is 0 Å². The average molecular weight is 376 g/mol. The van der Waals surface area contributed by atoms with E-state index in [1.807, 2.05) is 12.1 Å². The number of hydrogen-bond donors (Lipinski definition) is 1. The number of halogens is 1. The first-order valence-corrected chi connectivity index (χ1v) is 8.28. The van der Waals surface area contributed by atoms with E-state index >= 15 is 0 Å². The molecule has 0 bridgehead atoms. The highest BCUT2D eigenvalue weighted by Crippen LogP contribution is 2.17. The second kappa shape index (κ2) is 7.50. The van der Waals surface area contributed by atoms with Crippen molar-refractivity contribution in [2.24, 2.45) is 0 Å². The Morgan fingerprint density at radius 3 is 1.33 bits per heavy atom. The van der Waals surface area contributed by atoms with Crippen LogP contribution in [0, 0.1) is 0 Å². The molecule has 0 unspecified atom stereocenters. The van der Waals surface area contributed by atoms with Gasteiger partial charge in [-0.1, -0.05) is 83.3 Å². The summed E-state index contributed by atoms with van der Waals surface area (Å²) in [4.78, 5) is 0. The van der Waals surface area contributed by atoms with Crippen LogP contribution in [-0.2, 0) is 10.1 Å². The summed E-state index contributed by atoms with van der Waals surface area (Å²) in [6, 6.07) is 20.8. The standard InChI is InChI=1S/C12H10.CH3IO3S/c1-3-7-11(8-4-1)12-9-5-2-6-10-12;2-1-6(3,4)5/h1-10H;1H2,(H,3,4,5). The van der Waals surface area contributed by atoms with Crippen LogP contribution < -0.4 is 0 Å². The van der Waals surface area contributed by atoms with Gasteiger partial charge < -0.3 is 0 Å². The Bertz CT molecular complexity index is 516. The summed E-state index contributed by atoms with van der Waals surface area (Å²) < 4.78 is 26.7. The zero-order valence-electron chi connectivity index (χ0n) is 9.53. The largest absolute Gasteiger partial charge is 0.285 e. The van der Waals surface area contributed by atoms with E-state index in [4.69, 9.17) is 4.55 Å². The summed E-state index contributed by atoms with van der Waals surface area (Å²) in [7, 11) is -3.68. The van der Waals surface area contributed by atoms with Gasteiger partial charge in [-0.05, 0) is 11.1 Å². The summed E-state index contributed by atoms with van der Waals surface area (Å²) in [5.74, 6) is 0. The first-order chi connectivity index (χ1) is 8.53. The summed E-state index contributed by atoms with van der Waals surface area (Å²) in [6.45, 7) is 0. The minimum atomic E-state index is -3.68. The van der Waals surface area contributed by atoms with Crippen molar-refractivity contribution in [1.29, 1.82) is 0 Å². The smallest absolute Gasteiger partial charge is 0.274 e. The van der Waals surface area contributed by atoms with Crippen LogP contribution in [0.25, 0.3) is 11.1 Å². The van der Waals surface area contributed by atoms with Crippen molar-refractivity contribution in [2.75, 3.05) is 3.76 Å². The monoisotopic (exact) mass is 376 g/mol. The van der Waals surface area contributed by atoms with Gasteiger partial charge in [0.05, 0.1) is 0 Å². The lowest BCUT2D eigenvalue weighted by atomic mass is 10.1. The number of benzene rings is 2. The van der Waals surface area contributed by atoms with Gasteiger partial charge in [0, 0.05) is 0 Å². The molecule has 0 aliphatic rings. The second-order valence-electron chi connectivity index (χ2n) is 3.42. The predicted octanol–water partition coefficient (Wildman–Crippen LogP) is 3.62. The third-order valence-corrected chi connectivity index (χ3v) is 4.66. The molecule has 0 aliphatic heterocycles. The molecule has 0 heterocycles. The molecule has 18 heavy (non-hydrogen) atoms. The molecule has 3 nitrogen and oxygen atoms in total. The predicted molar refractivity (Wildman–Crippen MR) is 82.3 cm³/mol. The summed E-state index contributed by atoms with van der Waals surface area (Å²) in [6.07, 6.45) is 0. The number of rotatable bonds is 2. The third kappa shape index (κ3) is 6.13. The van der Waals surface area contributed by atoms with E-state index in [1.54, 1.807) is 22.6 Å². The zero-order valence-corrected chi connectivity index (χ0v) is 12.5. The minimum absolute atomic E-state index is 0.231. The molecule has 2 aromatic carbocycles. The maximum absolute atomic E-state index is 9.55. The molecule has 5 heteroatoms. The van der Waals surface area contributed by atoms with E-state index in [0.717, 1.165) is 0 Å². The molecule has 0 radical (unpaired) electrons. The number of hydrogen-bond acceptors (Lipinski definition) is 2. The molecular weight excluding hydrogens is 363 g/mol. The lowest BCUT2D eigenvalue weighted by Crippen LogP contribution is -1.94. The highest BCUT2D eigenvalue weighted by molar-refractivity contribution is 14.1. The van der Waals surface area contributed by atoms with Gasteiger partial charge >= 0.3 is 0 Å². The molecule has 0 atom stereocenters. The van der Waals surface area contributed by atoms with Gasteiger partial charge in [0.2, 0.25) is 0 Å². The van der Waals surface area contributed by atoms with Gasteiger partial charge in [0.1, 0.15) is 3.76 Å². The van der Waals surface area contributed by atoms with Crippen molar-refractivity contribution in [3.8, 4) is 11.1 Å². The highest BCUT2D eigenvalue weighted by atomic mass is 127. The summed E-state index contributed by atoms with van der Waals surface area (Å²) >= 11 is 1.56. The Morgan fingerprint density at radius 1 is 0.833 bits per heavy atom. The highest BCUT2D eigenvalue weighted by Gasteiger charge is 1.95.